The highest BCUT2D eigenvalue weighted by molar-refractivity contribution is 5.81. The van der Waals surface area contributed by atoms with Crippen molar-refractivity contribution in [3.63, 3.8) is 0 Å². The molecule has 0 aliphatic carbocycles. The van der Waals surface area contributed by atoms with Crippen molar-refractivity contribution in [1.82, 2.24) is 9.80 Å². The number of nitrogens with zero attached hydrogens (tertiary/aromatic N) is 2. The molecular formula is C12H23N3O. The molecule has 1 amide bonds. The van der Waals surface area contributed by atoms with Crippen LogP contribution >= 0.6 is 0 Å². The van der Waals surface area contributed by atoms with Crippen molar-refractivity contribution in [1.29, 1.82) is 0 Å². The van der Waals surface area contributed by atoms with E-state index in [1.54, 1.807) is 0 Å². The van der Waals surface area contributed by atoms with Gasteiger partial charge in [0.05, 0.1) is 6.04 Å². The molecule has 2 rings (SSSR count). The van der Waals surface area contributed by atoms with Crippen molar-refractivity contribution in [2.45, 2.75) is 50.7 Å². The van der Waals surface area contributed by atoms with Crippen molar-refractivity contribution in [2.75, 3.05) is 20.1 Å². The van der Waals surface area contributed by atoms with E-state index < -0.39 is 0 Å². The first kappa shape index (κ1) is 11.9. The van der Waals surface area contributed by atoms with Gasteiger partial charge in [0, 0.05) is 25.2 Å². The van der Waals surface area contributed by atoms with E-state index in [1.165, 1.54) is 12.8 Å². The zero-order valence-electron chi connectivity index (χ0n) is 10.4. The molecule has 0 saturated carbocycles. The summed E-state index contributed by atoms with van der Waals surface area (Å²) in [6.45, 7) is 3.73. The topological polar surface area (TPSA) is 49.6 Å². The lowest BCUT2D eigenvalue weighted by Crippen LogP contribution is -2.47. The average Bonchev–Trinajstić information content (AvgIpc) is 2.51. The van der Waals surface area contributed by atoms with Gasteiger partial charge in [-0.1, -0.05) is 6.92 Å². The Morgan fingerprint density at radius 3 is 2.75 bits per heavy atom. The first-order valence-electron chi connectivity index (χ1n) is 6.39. The van der Waals surface area contributed by atoms with E-state index in [9.17, 15) is 4.79 Å². The highest BCUT2D eigenvalue weighted by Crippen LogP contribution is 2.28. The summed E-state index contributed by atoms with van der Waals surface area (Å²) in [5.41, 5.74) is 5.83. The minimum atomic E-state index is -0.304. The number of amides is 1. The maximum absolute atomic E-state index is 12.0. The molecule has 2 unspecified atom stereocenters. The van der Waals surface area contributed by atoms with Crippen LogP contribution < -0.4 is 5.73 Å². The molecule has 16 heavy (non-hydrogen) atoms. The molecule has 2 heterocycles. The Kier molecular flexibility index (Phi) is 3.50. The molecular weight excluding hydrogens is 202 g/mol. The number of hydrogen-bond donors (Lipinski definition) is 1. The Hall–Kier alpha value is -0.610. The predicted molar refractivity (Wildman–Crippen MR) is 64.0 cm³/mol. The van der Waals surface area contributed by atoms with Gasteiger partial charge >= 0.3 is 0 Å². The van der Waals surface area contributed by atoms with E-state index in [-0.39, 0.29) is 11.9 Å². The van der Waals surface area contributed by atoms with Crippen LogP contribution in [0, 0.1) is 0 Å². The van der Waals surface area contributed by atoms with E-state index in [1.807, 2.05) is 11.8 Å². The number of carbonyl (C=O) groups excluding carboxylic acids is 1. The van der Waals surface area contributed by atoms with Crippen molar-refractivity contribution in [2.24, 2.45) is 5.73 Å². The fraction of sp³-hybridized carbons (Fsp3) is 0.917. The minimum Gasteiger partial charge on any atom is -0.340 e. The molecule has 2 aliphatic heterocycles. The fourth-order valence-corrected chi connectivity index (χ4v) is 2.92. The molecule has 0 aromatic carbocycles. The Morgan fingerprint density at radius 1 is 1.38 bits per heavy atom. The van der Waals surface area contributed by atoms with Crippen LogP contribution in [0.15, 0.2) is 0 Å². The minimum absolute atomic E-state index is 0.142. The third-order valence-electron chi connectivity index (χ3n) is 4.22. The number of likely N-dealkylation sites (N-methyl/N-ethyl adjacent to an activating group) is 1. The Bertz CT molecular complexity index is 269. The van der Waals surface area contributed by atoms with Gasteiger partial charge in [0.25, 0.3) is 0 Å². The third kappa shape index (κ3) is 2.09. The van der Waals surface area contributed by atoms with Crippen LogP contribution in [0.5, 0.6) is 0 Å². The molecule has 92 valence electrons. The van der Waals surface area contributed by atoms with Crippen LogP contribution in [-0.2, 0) is 4.79 Å². The molecule has 2 aliphatic rings. The second kappa shape index (κ2) is 4.72. The van der Waals surface area contributed by atoms with E-state index in [2.05, 4.69) is 11.9 Å². The normalized spacial score (nSPS) is 32.6. The number of nitrogens with two attached hydrogens (primary N) is 1. The molecule has 2 bridgehead atoms. The smallest absolute Gasteiger partial charge is 0.239 e. The lowest BCUT2D eigenvalue weighted by atomic mass is 10.1. The molecule has 4 heteroatoms. The van der Waals surface area contributed by atoms with Crippen LogP contribution in [0.3, 0.4) is 0 Å². The summed E-state index contributed by atoms with van der Waals surface area (Å²) in [7, 11) is 2.19. The fourth-order valence-electron chi connectivity index (χ4n) is 2.92. The van der Waals surface area contributed by atoms with E-state index in [4.69, 9.17) is 5.73 Å². The van der Waals surface area contributed by atoms with Crippen molar-refractivity contribution < 1.29 is 4.79 Å². The molecule has 2 N–H and O–H groups in total. The second-order valence-corrected chi connectivity index (χ2v) is 5.14. The highest BCUT2D eigenvalue weighted by atomic mass is 16.2. The van der Waals surface area contributed by atoms with Gasteiger partial charge in [-0.2, -0.15) is 0 Å². The monoisotopic (exact) mass is 225 g/mol. The molecule has 0 aromatic rings. The van der Waals surface area contributed by atoms with Gasteiger partial charge in [-0.3, -0.25) is 9.69 Å². The first-order valence-corrected chi connectivity index (χ1v) is 6.39. The number of likely N-dealkylation sites (tertiary alicyclic amines) is 1. The summed E-state index contributed by atoms with van der Waals surface area (Å²) < 4.78 is 0. The van der Waals surface area contributed by atoms with Crippen LogP contribution in [0.4, 0.5) is 0 Å². The largest absolute Gasteiger partial charge is 0.340 e. The average molecular weight is 225 g/mol. The number of carbonyl (C=O) groups is 1. The number of hydrogen-bond acceptors (Lipinski definition) is 3. The predicted octanol–water partition coefficient (Wildman–Crippen LogP) is 0.419. The molecule has 3 atom stereocenters. The summed E-state index contributed by atoms with van der Waals surface area (Å²) in [5, 5.41) is 0. The maximum Gasteiger partial charge on any atom is 0.239 e. The van der Waals surface area contributed by atoms with Crippen molar-refractivity contribution >= 4 is 5.91 Å². The summed E-state index contributed by atoms with van der Waals surface area (Å²) in [5.74, 6) is 0.142. The summed E-state index contributed by atoms with van der Waals surface area (Å²) in [6, 6.07) is 0.933. The Morgan fingerprint density at radius 2 is 2.06 bits per heavy atom. The first-order chi connectivity index (χ1) is 7.63. The lowest BCUT2D eigenvalue weighted by Gasteiger charge is -2.27. The Labute approximate surface area is 97.8 Å². The third-order valence-corrected chi connectivity index (χ3v) is 4.22. The zero-order chi connectivity index (χ0) is 11.7. The zero-order valence-corrected chi connectivity index (χ0v) is 10.4. The van der Waals surface area contributed by atoms with Gasteiger partial charge in [0.2, 0.25) is 5.91 Å². The van der Waals surface area contributed by atoms with E-state index >= 15 is 0 Å². The van der Waals surface area contributed by atoms with Gasteiger partial charge in [-0.05, 0) is 32.7 Å². The maximum atomic E-state index is 12.0. The molecule has 2 saturated heterocycles. The highest BCUT2D eigenvalue weighted by Gasteiger charge is 2.36. The number of fused-ring (bicyclic) bond motifs is 2. The molecule has 0 aromatic heterocycles. The molecule has 0 spiro atoms. The van der Waals surface area contributed by atoms with Crippen LogP contribution in [0.1, 0.15) is 32.6 Å². The second-order valence-electron chi connectivity index (χ2n) is 5.14. The lowest BCUT2D eigenvalue weighted by molar-refractivity contribution is -0.133. The van der Waals surface area contributed by atoms with Gasteiger partial charge < -0.3 is 10.6 Å². The van der Waals surface area contributed by atoms with Crippen LogP contribution in [0.2, 0.25) is 0 Å². The Balaban J connectivity index is 2.01. The molecule has 0 radical (unpaired) electrons. The molecule has 2 fully saturated rings. The number of rotatable bonds is 2. The quantitative estimate of drug-likeness (QED) is 0.741. The van der Waals surface area contributed by atoms with E-state index in [0.29, 0.717) is 12.1 Å². The van der Waals surface area contributed by atoms with Crippen molar-refractivity contribution in [3.8, 4) is 0 Å². The van der Waals surface area contributed by atoms with Gasteiger partial charge in [0.1, 0.15) is 0 Å². The van der Waals surface area contributed by atoms with Gasteiger partial charge in [0.15, 0.2) is 0 Å². The molecule has 4 nitrogen and oxygen atoms in total. The van der Waals surface area contributed by atoms with Crippen LogP contribution in [-0.4, -0.2) is 54.0 Å². The van der Waals surface area contributed by atoms with E-state index in [0.717, 1.165) is 25.9 Å². The van der Waals surface area contributed by atoms with Gasteiger partial charge in [-0.25, -0.2) is 0 Å². The summed E-state index contributed by atoms with van der Waals surface area (Å²) >= 11 is 0. The summed E-state index contributed by atoms with van der Waals surface area (Å²) in [4.78, 5) is 16.5. The van der Waals surface area contributed by atoms with Gasteiger partial charge in [-0.15, -0.1) is 0 Å². The SMILES string of the molecule is CC[C@H](N)C(=O)N1CCC2CCC(C1)N2C. The standard InChI is InChI=1S/C12H23N3O/c1-3-11(13)12(16)15-7-6-9-4-5-10(8-15)14(9)2/h9-11H,3-8,13H2,1-2H3/t9?,10?,11-/m0/s1. The van der Waals surface area contributed by atoms with Crippen LogP contribution in [0.25, 0.3) is 0 Å². The van der Waals surface area contributed by atoms with Crippen molar-refractivity contribution in [3.05, 3.63) is 0 Å². The summed E-state index contributed by atoms with van der Waals surface area (Å²) in [6.07, 6.45) is 4.36.